The van der Waals surface area contributed by atoms with Gasteiger partial charge in [-0.05, 0) is 32.8 Å². The molecule has 2 unspecified atom stereocenters. The van der Waals surface area contributed by atoms with Gasteiger partial charge in [-0.1, -0.05) is 6.08 Å². The number of unbranched alkanes of at least 4 members (excludes halogenated alkanes) is 1. The first kappa shape index (κ1) is 16.2. The molecule has 0 aromatic rings. The number of allylic oxidation sites excluding steroid dienone is 1. The van der Waals surface area contributed by atoms with Gasteiger partial charge in [0.1, 0.15) is 17.3 Å². The van der Waals surface area contributed by atoms with E-state index in [1.54, 1.807) is 13.0 Å². The lowest BCUT2D eigenvalue weighted by Crippen LogP contribution is -2.47. The Morgan fingerprint density at radius 1 is 1.50 bits per heavy atom. The summed E-state index contributed by atoms with van der Waals surface area (Å²) in [7, 11) is 0. The van der Waals surface area contributed by atoms with Crippen LogP contribution in [0.3, 0.4) is 0 Å². The number of ether oxygens (including phenoxy) is 2. The van der Waals surface area contributed by atoms with Crippen LogP contribution in [0.15, 0.2) is 24.0 Å². The molecule has 0 aromatic carbocycles. The van der Waals surface area contributed by atoms with Crippen LogP contribution in [-0.2, 0) is 19.1 Å². The van der Waals surface area contributed by atoms with Crippen LogP contribution in [0, 0.1) is 5.92 Å². The number of hydrogen-bond donors (Lipinski definition) is 2. The van der Waals surface area contributed by atoms with Crippen molar-refractivity contribution < 1.29 is 29.3 Å². The lowest BCUT2D eigenvalue weighted by atomic mass is 9.77. The van der Waals surface area contributed by atoms with E-state index < -0.39 is 17.5 Å². The van der Waals surface area contributed by atoms with E-state index in [9.17, 15) is 14.7 Å². The predicted molar refractivity (Wildman–Crippen MR) is 70.8 cm³/mol. The summed E-state index contributed by atoms with van der Waals surface area (Å²) in [5, 5.41) is 18.6. The Kier molecular flexibility index (Phi) is 5.76. The molecule has 0 aromatic heterocycles. The molecular weight excluding hydrogens is 264 g/mol. The zero-order valence-electron chi connectivity index (χ0n) is 11.7. The van der Waals surface area contributed by atoms with Crippen LogP contribution in [0.25, 0.3) is 0 Å². The molecule has 0 spiro atoms. The Labute approximate surface area is 117 Å². The van der Waals surface area contributed by atoms with E-state index in [2.05, 4.69) is 0 Å². The normalized spacial score (nSPS) is 24.9. The van der Waals surface area contributed by atoms with E-state index in [0.717, 1.165) is 0 Å². The maximum absolute atomic E-state index is 11.0. The van der Waals surface area contributed by atoms with Gasteiger partial charge in [0.25, 0.3) is 0 Å². The molecule has 0 amide bonds. The summed E-state index contributed by atoms with van der Waals surface area (Å²) in [5.41, 5.74) is -1.34. The first-order valence-electron chi connectivity index (χ1n) is 6.52. The molecule has 112 valence electrons. The fourth-order valence-electron chi connectivity index (χ4n) is 1.90. The standard InChI is InChI=1S/C14H20O6/c1-3-19-11(15)7-5-4-6-8-20-10-9-14(2,18)12(10)13(16)17/h5,7,9,12,18H,3-4,6,8H2,1-2H3,(H,16,17)/b7-5+. The maximum atomic E-state index is 11.0. The summed E-state index contributed by atoms with van der Waals surface area (Å²) < 4.78 is 10.0. The van der Waals surface area contributed by atoms with Crippen molar-refractivity contribution in [2.45, 2.75) is 32.3 Å². The van der Waals surface area contributed by atoms with Gasteiger partial charge >= 0.3 is 11.9 Å². The fourth-order valence-corrected chi connectivity index (χ4v) is 1.90. The van der Waals surface area contributed by atoms with Crippen molar-refractivity contribution in [3.8, 4) is 0 Å². The molecule has 0 heterocycles. The largest absolute Gasteiger partial charge is 0.497 e. The Bertz CT molecular complexity index is 421. The van der Waals surface area contributed by atoms with Crippen LogP contribution in [-0.4, -0.2) is 41.0 Å². The first-order chi connectivity index (χ1) is 9.38. The molecule has 0 bridgehead atoms. The maximum Gasteiger partial charge on any atom is 0.330 e. The van der Waals surface area contributed by atoms with E-state index in [-0.39, 0.29) is 11.7 Å². The highest BCUT2D eigenvalue weighted by Crippen LogP contribution is 2.38. The number of aliphatic carboxylic acids is 1. The van der Waals surface area contributed by atoms with Crippen molar-refractivity contribution in [1.82, 2.24) is 0 Å². The van der Waals surface area contributed by atoms with E-state index in [4.69, 9.17) is 14.6 Å². The third kappa shape index (κ3) is 4.38. The van der Waals surface area contributed by atoms with Crippen molar-refractivity contribution >= 4 is 11.9 Å². The second-order valence-corrected chi connectivity index (χ2v) is 4.69. The Hall–Kier alpha value is -1.82. The van der Waals surface area contributed by atoms with Gasteiger partial charge in [-0.15, -0.1) is 0 Å². The van der Waals surface area contributed by atoms with Crippen LogP contribution in [0.2, 0.25) is 0 Å². The first-order valence-corrected chi connectivity index (χ1v) is 6.52. The third-order valence-corrected chi connectivity index (χ3v) is 2.87. The second kappa shape index (κ2) is 7.09. The molecule has 6 nitrogen and oxygen atoms in total. The van der Waals surface area contributed by atoms with Gasteiger partial charge in [0.15, 0.2) is 0 Å². The molecular formula is C14H20O6. The minimum atomic E-state index is -1.34. The Morgan fingerprint density at radius 3 is 2.75 bits per heavy atom. The Morgan fingerprint density at radius 2 is 2.20 bits per heavy atom. The number of aliphatic hydroxyl groups is 1. The molecule has 0 radical (unpaired) electrons. The number of hydrogen-bond acceptors (Lipinski definition) is 5. The molecule has 2 atom stereocenters. The van der Waals surface area contributed by atoms with Crippen molar-refractivity contribution in [3.63, 3.8) is 0 Å². The predicted octanol–water partition coefficient (Wildman–Crippen LogP) is 1.25. The summed E-state index contributed by atoms with van der Waals surface area (Å²) in [6, 6.07) is 0. The van der Waals surface area contributed by atoms with Crippen molar-refractivity contribution in [2.75, 3.05) is 13.2 Å². The van der Waals surface area contributed by atoms with Gasteiger partial charge in [0.05, 0.1) is 13.2 Å². The van der Waals surface area contributed by atoms with E-state index in [0.29, 0.717) is 26.1 Å². The van der Waals surface area contributed by atoms with E-state index in [1.807, 2.05) is 0 Å². The van der Waals surface area contributed by atoms with E-state index >= 15 is 0 Å². The van der Waals surface area contributed by atoms with Crippen molar-refractivity contribution in [1.29, 1.82) is 0 Å². The summed E-state index contributed by atoms with van der Waals surface area (Å²) in [6.45, 7) is 3.84. The SMILES string of the molecule is CCOC(=O)/C=C/CCCOC1=CC(C)(O)C1C(=O)O. The zero-order chi connectivity index (χ0) is 15.2. The summed E-state index contributed by atoms with van der Waals surface area (Å²) >= 11 is 0. The Balaban J connectivity index is 2.23. The molecule has 0 fully saturated rings. The van der Waals surface area contributed by atoms with Crippen molar-refractivity contribution in [3.05, 3.63) is 24.0 Å². The number of carboxylic acids is 1. The molecule has 6 heteroatoms. The molecule has 0 saturated carbocycles. The average molecular weight is 284 g/mol. The molecule has 20 heavy (non-hydrogen) atoms. The number of carbonyl (C=O) groups is 2. The molecule has 1 aliphatic carbocycles. The van der Waals surface area contributed by atoms with Gasteiger partial charge in [-0.3, -0.25) is 4.79 Å². The monoisotopic (exact) mass is 284 g/mol. The van der Waals surface area contributed by atoms with Crippen LogP contribution >= 0.6 is 0 Å². The second-order valence-electron chi connectivity index (χ2n) is 4.69. The fraction of sp³-hybridized carbons (Fsp3) is 0.571. The number of carbonyl (C=O) groups excluding carboxylic acids is 1. The number of esters is 1. The molecule has 0 aliphatic heterocycles. The number of carboxylic acid groups (broad SMARTS) is 1. The quantitative estimate of drug-likeness (QED) is 0.396. The zero-order valence-corrected chi connectivity index (χ0v) is 11.7. The van der Waals surface area contributed by atoms with Gasteiger partial charge in [-0.2, -0.15) is 0 Å². The highest BCUT2D eigenvalue weighted by atomic mass is 16.5. The van der Waals surface area contributed by atoms with Crippen LogP contribution < -0.4 is 0 Å². The number of rotatable bonds is 8. The molecule has 2 N–H and O–H groups in total. The highest BCUT2D eigenvalue weighted by Gasteiger charge is 2.48. The van der Waals surface area contributed by atoms with Crippen LogP contribution in [0.4, 0.5) is 0 Å². The van der Waals surface area contributed by atoms with Gasteiger partial charge in [-0.25, -0.2) is 4.79 Å². The lowest BCUT2D eigenvalue weighted by Gasteiger charge is -2.37. The van der Waals surface area contributed by atoms with Gasteiger partial charge < -0.3 is 19.7 Å². The molecule has 0 saturated heterocycles. The van der Waals surface area contributed by atoms with Gasteiger partial charge in [0, 0.05) is 6.08 Å². The van der Waals surface area contributed by atoms with Crippen LogP contribution in [0.1, 0.15) is 26.7 Å². The topological polar surface area (TPSA) is 93.1 Å². The third-order valence-electron chi connectivity index (χ3n) is 2.87. The van der Waals surface area contributed by atoms with E-state index in [1.165, 1.54) is 19.1 Å². The van der Waals surface area contributed by atoms with Crippen LogP contribution in [0.5, 0.6) is 0 Å². The minimum absolute atomic E-state index is 0.289. The average Bonchev–Trinajstić information content (AvgIpc) is 2.31. The highest BCUT2D eigenvalue weighted by molar-refractivity contribution is 5.81. The summed E-state index contributed by atoms with van der Waals surface area (Å²) in [6.07, 6.45) is 5.71. The molecule has 1 rings (SSSR count). The van der Waals surface area contributed by atoms with Crippen molar-refractivity contribution in [2.24, 2.45) is 5.92 Å². The lowest BCUT2D eigenvalue weighted by molar-refractivity contribution is -0.151. The smallest absolute Gasteiger partial charge is 0.330 e. The van der Waals surface area contributed by atoms with Gasteiger partial charge in [0.2, 0.25) is 0 Å². The molecule has 1 aliphatic rings. The summed E-state index contributed by atoms with van der Waals surface area (Å²) in [5.74, 6) is -2.19. The minimum Gasteiger partial charge on any atom is -0.497 e. The summed E-state index contributed by atoms with van der Waals surface area (Å²) in [4.78, 5) is 21.9.